The molecule has 0 radical (unpaired) electrons. The first-order chi connectivity index (χ1) is 5.65. The van der Waals surface area contributed by atoms with E-state index in [-0.39, 0.29) is 6.23 Å². The smallest absolute Gasteiger partial charge is 0.246 e. The van der Waals surface area contributed by atoms with Crippen molar-refractivity contribution in [3.8, 4) is 0 Å². The molecule has 0 saturated heterocycles. The Bertz CT molecular complexity index is 244. The lowest BCUT2D eigenvalue weighted by Gasteiger charge is -2.10. The first-order valence-electron chi connectivity index (χ1n) is 3.67. The lowest BCUT2D eigenvalue weighted by Crippen LogP contribution is -2.09. The van der Waals surface area contributed by atoms with Crippen LogP contribution in [0.2, 0.25) is 0 Å². The fourth-order valence-corrected chi connectivity index (χ4v) is 1.24. The minimum atomic E-state index is -0.442. The van der Waals surface area contributed by atoms with Gasteiger partial charge in [-0.2, -0.15) is 4.39 Å². The van der Waals surface area contributed by atoms with Crippen LogP contribution in [0.4, 0.5) is 4.39 Å². The average molecular weight is 284 g/mol. The van der Waals surface area contributed by atoms with Gasteiger partial charge in [0.2, 0.25) is 5.95 Å². The van der Waals surface area contributed by atoms with Crippen LogP contribution in [0.15, 0.2) is 6.20 Å². The minimum absolute atomic E-state index is 0.201. The predicted molar refractivity (Wildman–Crippen MR) is 51.2 cm³/mol. The zero-order valence-corrected chi connectivity index (χ0v) is 9.08. The lowest BCUT2D eigenvalue weighted by atomic mass is 10.6. The Morgan fingerprint density at radius 1 is 1.83 bits per heavy atom. The molecule has 12 heavy (non-hydrogen) atoms. The summed E-state index contributed by atoms with van der Waals surface area (Å²) >= 11 is 1.89. The number of aromatic nitrogens is 2. The molecule has 1 unspecified atom stereocenters. The van der Waals surface area contributed by atoms with Crippen LogP contribution in [0.5, 0.6) is 0 Å². The summed E-state index contributed by atoms with van der Waals surface area (Å²) in [5.41, 5.74) is 0. The molecule has 0 aliphatic heterocycles. The molecule has 0 aliphatic carbocycles. The summed E-state index contributed by atoms with van der Waals surface area (Å²) in [7, 11) is 0. The summed E-state index contributed by atoms with van der Waals surface area (Å²) in [5, 5.41) is 3.65. The Kier molecular flexibility index (Phi) is 3.45. The van der Waals surface area contributed by atoms with E-state index >= 15 is 0 Å². The second kappa shape index (κ2) is 4.18. The fraction of sp³-hybridized carbons (Fsp3) is 0.571. The number of hydrogen-bond donors (Lipinski definition) is 0. The standard InChI is InChI=1S/C7H10FIN2O/c1-3-12-5(2)11-4-6(9)7(8)10-11/h4-5H,3H2,1-2H3. The third kappa shape index (κ3) is 2.16. The molecule has 0 bridgehead atoms. The molecule has 1 aromatic heterocycles. The molecular formula is C7H10FIN2O. The maximum atomic E-state index is 12.7. The monoisotopic (exact) mass is 284 g/mol. The Balaban J connectivity index is 2.74. The molecule has 1 aromatic rings. The van der Waals surface area contributed by atoms with Crippen LogP contribution in [0, 0.1) is 9.52 Å². The molecule has 3 nitrogen and oxygen atoms in total. The third-order valence-electron chi connectivity index (χ3n) is 1.43. The van der Waals surface area contributed by atoms with Crippen molar-refractivity contribution in [1.82, 2.24) is 9.78 Å². The number of hydrogen-bond acceptors (Lipinski definition) is 2. The van der Waals surface area contributed by atoms with Gasteiger partial charge < -0.3 is 4.74 Å². The summed E-state index contributed by atoms with van der Waals surface area (Å²) < 4.78 is 20.0. The largest absolute Gasteiger partial charge is 0.357 e. The number of halogens is 2. The summed E-state index contributed by atoms with van der Waals surface area (Å²) in [5.74, 6) is -0.442. The van der Waals surface area contributed by atoms with Crippen molar-refractivity contribution < 1.29 is 9.13 Å². The highest BCUT2D eigenvalue weighted by molar-refractivity contribution is 14.1. The third-order valence-corrected chi connectivity index (χ3v) is 2.15. The van der Waals surface area contributed by atoms with E-state index in [1.165, 1.54) is 4.68 Å². The van der Waals surface area contributed by atoms with Gasteiger partial charge in [-0.3, -0.25) is 0 Å². The molecule has 0 fully saturated rings. The number of nitrogens with zero attached hydrogens (tertiary/aromatic N) is 2. The van der Waals surface area contributed by atoms with E-state index in [2.05, 4.69) is 5.10 Å². The molecular weight excluding hydrogens is 274 g/mol. The molecule has 5 heteroatoms. The van der Waals surface area contributed by atoms with E-state index in [4.69, 9.17) is 4.74 Å². The highest BCUT2D eigenvalue weighted by Gasteiger charge is 2.09. The molecule has 0 spiro atoms. The maximum absolute atomic E-state index is 12.7. The molecule has 0 aliphatic rings. The van der Waals surface area contributed by atoms with E-state index in [0.29, 0.717) is 10.2 Å². The predicted octanol–water partition coefficient (Wildman–Crippen LogP) is 2.18. The van der Waals surface area contributed by atoms with Gasteiger partial charge in [-0.25, -0.2) is 4.68 Å². The zero-order chi connectivity index (χ0) is 9.14. The topological polar surface area (TPSA) is 27.1 Å². The second-order valence-corrected chi connectivity index (χ2v) is 3.46. The van der Waals surface area contributed by atoms with Crippen LogP contribution in [0.3, 0.4) is 0 Å². The Morgan fingerprint density at radius 2 is 2.50 bits per heavy atom. The second-order valence-electron chi connectivity index (χ2n) is 2.30. The van der Waals surface area contributed by atoms with Crippen LogP contribution in [-0.2, 0) is 4.74 Å². The summed E-state index contributed by atoms with van der Waals surface area (Å²) in [6.07, 6.45) is 1.42. The molecule has 1 atom stereocenters. The Hall–Kier alpha value is -0.170. The molecule has 0 aromatic carbocycles. The van der Waals surface area contributed by atoms with Gasteiger partial charge in [0.15, 0.2) is 0 Å². The lowest BCUT2D eigenvalue weighted by molar-refractivity contribution is 0.0149. The van der Waals surface area contributed by atoms with E-state index in [1.54, 1.807) is 6.20 Å². The van der Waals surface area contributed by atoms with Gasteiger partial charge in [0.25, 0.3) is 0 Å². The van der Waals surface area contributed by atoms with Gasteiger partial charge in [0.05, 0.1) is 3.57 Å². The summed E-state index contributed by atoms with van der Waals surface area (Å²) in [6, 6.07) is 0. The van der Waals surface area contributed by atoms with Crippen LogP contribution in [-0.4, -0.2) is 16.4 Å². The van der Waals surface area contributed by atoms with Crippen LogP contribution in [0.1, 0.15) is 20.1 Å². The number of ether oxygens (including phenoxy) is 1. The molecule has 0 N–H and O–H groups in total. The van der Waals surface area contributed by atoms with Crippen molar-refractivity contribution in [3.05, 3.63) is 15.7 Å². The van der Waals surface area contributed by atoms with Gasteiger partial charge in [-0.15, -0.1) is 5.10 Å². The SMILES string of the molecule is CCOC(C)n1cc(I)c(F)n1. The van der Waals surface area contributed by atoms with Crippen molar-refractivity contribution in [1.29, 1.82) is 0 Å². The average Bonchev–Trinajstić information content (AvgIpc) is 2.33. The molecule has 0 saturated carbocycles. The van der Waals surface area contributed by atoms with E-state index in [9.17, 15) is 4.39 Å². The molecule has 1 heterocycles. The van der Waals surface area contributed by atoms with Crippen molar-refractivity contribution in [2.75, 3.05) is 6.61 Å². The van der Waals surface area contributed by atoms with Crippen LogP contribution < -0.4 is 0 Å². The first-order valence-corrected chi connectivity index (χ1v) is 4.74. The van der Waals surface area contributed by atoms with E-state index < -0.39 is 5.95 Å². The Morgan fingerprint density at radius 3 is 2.92 bits per heavy atom. The first kappa shape index (κ1) is 9.91. The highest BCUT2D eigenvalue weighted by Crippen LogP contribution is 2.12. The van der Waals surface area contributed by atoms with Gasteiger partial charge in [-0.1, -0.05) is 0 Å². The van der Waals surface area contributed by atoms with Gasteiger partial charge in [-0.05, 0) is 36.4 Å². The highest BCUT2D eigenvalue weighted by atomic mass is 127. The molecule has 0 amide bonds. The maximum Gasteiger partial charge on any atom is 0.246 e. The van der Waals surface area contributed by atoms with Gasteiger partial charge in [0.1, 0.15) is 6.23 Å². The summed E-state index contributed by atoms with van der Waals surface area (Å²) in [4.78, 5) is 0. The zero-order valence-electron chi connectivity index (χ0n) is 6.92. The van der Waals surface area contributed by atoms with E-state index in [0.717, 1.165) is 0 Å². The quantitative estimate of drug-likeness (QED) is 0.795. The Labute approximate surface area is 84.0 Å². The van der Waals surface area contributed by atoms with Crippen molar-refractivity contribution in [3.63, 3.8) is 0 Å². The van der Waals surface area contributed by atoms with Crippen molar-refractivity contribution in [2.45, 2.75) is 20.1 Å². The fourth-order valence-electron chi connectivity index (χ4n) is 0.851. The number of rotatable bonds is 3. The van der Waals surface area contributed by atoms with Gasteiger partial charge in [0, 0.05) is 12.8 Å². The van der Waals surface area contributed by atoms with Crippen LogP contribution >= 0.6 is 22.6 Å². The molecule has 68 valence electrons. The van der Waals surface area contributed by atoms with Gasteiger partial charge >= 0.3 is 0 Å². The van der Waals surface area contributed by atoms with Crippen LogP contribution in [0.25, 0.3) is 0 Å². The summed E-state index contributed by atoms with van der Waals surface area (Å²) in [6.45, 7) is 4.31. The van der Waals surface area contributed by atoms with Crippen molar-refractivity contribution in [2.24, 2.45) is 0 Å². The minimum Gasteiger partial charge on any atom is -0.357 e. The van der Waals surface area contributed by atoms with Crippen molar-refractivity contribution >= 4 is 22.6 Å². The normalized spacial score (nSPS) is 13.3. The van der Waals surface area contributed by atoms with E-state index in [1.807, 2.05) is 36.4 Å². The molecule has 1 rings (SSSR count).